The van der Waals surface area contributed by atoms with Gasteiger partial charge >= 0.3 is 0 Å². The normalized spacial score (nSPS) is 12.2. The molecule has 0 fully saturated rings. The van der Waals surface area contributed by atoms with Crippen LogP contribution in [0.5, 0.6) is 0 Å². The van der Waals surface area contributed by atoms with Crippen LogP contribution in [0.4, 0.5) is 4.79 Å². The van der Waals surface area contributed by atoms with Crippen LogP contribution in [0.2, 0.25) is 0 Å². The third-order valence-electron chi connectivity index (χ3n) is 2.77. The molecule has 0 spiro atoms. The van der Waals surface area contributed by atoms with Crippen molar-refractivity contribution >= 4 is 17.0 Å². The van der Waals surface area contributed by atoms with Gasteiger partial charge in [-0.1, -0.05) is 62.4 Å². The van der Waals surface area contributed by atoms with Crippen LogP contribution < -0.4 is 0 Å². The Balaban J connectivity index is 2.82. The van der Waals surface area contributed by atoms with Crippen LogP contribution in [0.3, 0.4) is 0 Å². The van der Waals surface area contributed by atoms with Crippen LogP contribution in [0, 0.1) is 0 Å². The van der Waals surface area contributed by atoms with Gasteiger partial charge in [-0.3, -0.25) is 4.79 Å². The van der Waals surface area contributed by atoms with Crippen molar-refractivity contribution in [1.82, 2.24) is 4.90 Å². The van der Waals surface area contributed by atoms with Crippen molar-refractivity contribution in [2.24, 2.45) is 0 Å². The zero-order valence-corrected chi connectivity index (χ0v) is 11.7. The lowest BCUT2D eigenvalue weighted by molar-refractivity contribution is 0.212. The third kappa shape index (κ3) is 4.08. The number of hydrogen-bond donors (Lipinski definition) is 0. The molecule has 0 aromatic heterocycles. The second-order valence-electron chi connectivity index (χ2n) is 4.02. The lowest BCUT2D eigenvalue weighted by Crippen LogP contribution is -2.28. The topological polar surface area (TPSA) is 20.3 Å². The Bertz CT molecular complexity index is 339. The number of amides is 1. The van der Waals surface area contributed by atoms with Gasteiger partial charge in [0.25, 0.3) is 5.24 Å². The average Bonchev–Trinajstić information content (AvgIpc) is 2.36. The number of rotatable bonds is 5. The lowest BCUT2D eigenvalue weighted by atomic mass is 10.0. The molecule has 0 bridgehead atoms. The quantitative estimate of drug-likeness (QED) is 0.776. The monoisotopic (exact) mass is 251 g/mol. The minimum Gasteiger partial charge on any atom is -0.330 e. The van der Waals surface area contributed by atoms with Crippen molar-refractivity contribution in [1.29, 1.82) is 0 Å². The molecule has 0 aliphatic heterocycles. The van der Waals surface area contributed by atoms with Crippen LogP contribution in [0.25, 0.3) is 0 Å². The minimum absolute atomic E-state index is 0.162. The van der Waals surface area contributed by atoms with Gasteiger partial charge in [0.15, 0.2) is 0 Å². The van der Waals surface area contributed by atoms with E-state index in [0.29, 0.717) is 0 Å². The van der Waals surface area contributed by atoms with Gasteiger partial charge < -0.3 is 4.90 Å². The molecule has 0 N–H and O–H groups in total. The molecule has 0 aliphatic rings. The second-order valence-corrected chi connectivity index (χ2v) is 5.24. The standard InChI is InChI=1S/C14H21NOS/c1-4-9-13(12-10-7-6-8-11-12)15(3)14(16)17-5-2/h6-8,10-11,13H,4-5,9H2,1-3H3. The Hall–Kier alpha value is -0.960. The molecule has 1 atom stereocenters. The Kier molecular flexibility index (Phi) is 6.12. The van der Waals surface area contributed by atoms with Crippen LogP contribution in [0.1, 0.15) is 38.3 Å². The van der Waals surface area contributed by atoms with Gasteiger partial charge in [0, 0.05) is 7.05 Å². The maximum Gasteiger partial charge on any atom is 0.281 e. The number of carbonyl (C=O) groups excluding carboxylic acids is 1. The Labute approximate surface area is 108 Å². The van der Waals surface area contributed by atoms with Crippen molar-refractivity contribution in [3.8, 4) is 0 Å². The van der Waals surface area contributed by atoms with E-state index in [1.807, 2.05) is 37.1 Å². The van der Waals surface area contributed by atoms with Gasteiger partial charge in [0.1, 0.15) is 0 Å². The highest BCUT2D eigenvalue weighted by Gasteiger charge is 2.20. The second kappa shape index (κ2) is 7.38. The zero-order valence-electron chi connectivity index (χ0n) is 10.8. The van der Waals surface area contributed by atoms with Gasteiger partial charge in [-0.2, -0.15) is 0 Å². The van der Waals surface area contributed by atoms with Gasteiger partial charge in [0.05, 0.1) is 6.04 Å². The highest BCUT2D eigenvalue weighted by atomic mass is 32.2. The number of carbonyl (C=O) groups is 1. The van der Waals surface area contributed by atoms with E-state index >= 15 is 0 Å². The maximum atomic E-state index is 11.9. The molecule has 17 heavy (non-hydrogen) atoms. The third-order valence-corrected chi connectivity index (χ3v) is 3.59. The number of thioether (sulfide) groups is 1. The van der Waals surface area contributed by atoms with Crippen molar-refractivity contribution < 1.29 is 4.79 Å². The van der Waals surface area contributed by atoms with E-state index in [4.69, 9.17) is 0 Å². The van der Waals surface area contributed by atoms with E-state index < -0.39 is 0 Å². The van der Waals surface area contributed by atoms with Crippen molar-refractivity contribution in [2.75, 3.05) is 12.8 Å². The highest BCUT2D eigenvalue weighted by molar-refractivity contribution is 8.13. The fourth-order valence-electron chi connectivity index (χ4n) is 1.89. The van der Waals surface area contributed by atoms with Crippen LogP contribution in [-0.2, 0) is 0 Å². The molecule has 0 heterocycles. The minimum atomic E-state index is 0.162. The Morgan fingerprint density at radius 1 is 1.29 bits per heavy atom. The van der Waals surface area contributed by atoms with E-state index in [1.54, 1.807) is 0 Å². The van der Waals surface area contributed by atoms with Gasteiger partial charge in [-0.15, -0.1) is 0 Å². The van der Waals surface area contributed by atoms with E-state index in [2.05, 4.69) is 19.1 Å². The first-order valence-corrected chi connectivity index (χ1v) is 7.13. The van der Waals surface area contributed by atoms with E-state index in [-0.39, 0.29) is 11.3 Å². The molecule has 3 heteroatoms. The van der Waals surface area contributed by atoms with Gasteiger partial charge in [-0.25, -0.2) is 0 Å². The highest BCUT2D eigenvalue weighted by Crippen LogP contribution is 2.26. The summed E-state index contributed by atoms with van der Waals surface area (Å²) in [6, 6.07) is 10.5. The van der Waals surface area contributed by atoms with Crippen LogP contribution in [0.15, 0.2) is 30.3 Å². The summed E-state index contributed by atoms with van der Waals surface area (Å²) in [5, 5.41) is 0.162. The van der Waals surface area contributed by atoms with E-state index in [1.165, 1.54) is 17.3 Å². The smallest absolute Gasteiger partial charge is 0.281 e. The average molecular weight is 251 g/mol. The molecule has 1 rings (SSSR count). The number of hydrogen-bond acceptors (Lipinski definition) is 2. The Morgan fingerprint density at radius 2 is 1.94 bits per heavy atom. The predicted molar refractivity (Wildman–Crippen MR) is 75.4 cm³/mol. The fraction of sp³-hybridized carbons (Fsp3) is 0.500. The summed E-state index contributed by atoms with van der Waals surface area (Å²) in [7, 11) is 1.90. The van der Waals surface area contributed by atoms with Crippen LogP contribution >= 0.6 is 11.8 Å². The molecule has 1 aromatic carbocycles. The van der Waals surface area contributed by atoms with Crippen LogP contribution in [-0.4, -0.2) is 22.9 Å². The number of benzene rings is 1. The molecule has 1 amide bonds. The molecule has 1 unspecified atom stereocenters. The van der Waals surface area contributed by atoms with Crippen molar-refractivity contribution in [3.63, 3.8) is 0 Å². The number of nitrogens with zero attached hydrogens (tertiary/aromatic N) is 1. The fourth-order valence-corrected chi connectivity index (χ4v) is 2.46. The molecule has 0 saturated carbocycles. The lowest BCUT2D eigenvalue weighted by Gasteiger charge is -2.28. The van der Waals surface area contributed by atoms with Crippen molar-refractivity contribution in [3.05, 3.63) is 35.9 Å². The maximum absolute atomic E-state index is 11.9. The first-order valence-electron chi connectivity index (χ1n) is 6.15. The molecule has 0 aliphatic carbocycles. The zero-order chi connectivity index (χ0) is 12.7. The van der Waals surface area contributed by atoms with Gasteiger partial charge in [-0.05, 0) is 17.7 Å². The summed E-state index contributed by atoms with van der Waals surface area (Å²) in [4.78, 5) is 13.8. The summed E-state index contributed by atoms with van der Waals surface area (Å²) >= 11 is 1.38. The van der Waals surface area contributed by atoms with E-state index in [0.717, 1.165) is 18.6 Å². The Morgan fingerprint density at radius 3 is 2.47 bits per heavy atom. The summed E-state index contributed by atoms with van der Waals surface area (Å²) in [6.07, 6.45) is 2.09. The summed E-state index contributed by atoms with van der Waals surface area (Å²) in [5.74, 6) is 0.830. The first-order chi connectivity index (χ1) is 8.20. The first kappa shape index (κ1) is 14.1. The molecule has 2 nitrogen and oxygen atoms in total. The molecule has 94 valence electrons. The summed E-state index contributed by atoms with van der Waals surface area (Å²) in [6.45, 7) is 4.16. The summed E-state index contributed by atoms with van der Waals surface area (Å²) in [5.41, 5.74) is 1.22. The molecular formula is C14H21NOS. The predicted octanol–water partition coefficient (Wildman–Crippen LogP) is 4.33. The SMILES string of the molecule is CCCC(c1ccccc1)N(C)C(=O)SCC. The molecule has 0 saturated heterocycles. The molecular weight excluding hydrogens is 230 g/mol. The largest absolute Gasteiger partial charge is 0.330 e. The van der Waals surface area contributed by atoms with Gasteiger partial charge in [0.2, 0.25) is 0 Å². The summed E-state index contributed by atoms with van der Waals surface area (Å²) < 4.78 is 0. The van der Waals surface area contributed by atoms with E-state index in [9.17, 15) is 4.79 Å². The molecule has 0 radical (unpaired) electrons. The van der Waals surface area contributed by atoms with Crippen molar-refractivity contribution in [2.45, 2.75) is 32.7 Å². The molecule has 1 aromatic rings.